The molecule has 0 aliphatic rings. The second-order valence-electron chi connectivity index (χ2n) is 6.17. The number of hydrogen-bond donors (Lipinski definition) is 2. The summed E-state index contributed by atoms with van der Waals surface area (Å²) in [5, 5.41) is 4.00. The average Bonchev–Trinajstić information content (AvgIpc) is 2.79. The van der Waals surface area contributed by atoms with Gasteiger partial charge in [-0.05, 0) is 60.7 Å². The fourth-order valence-corrected chi connectivity index (χ4v) is 2.48. The van der Waals surface area contributed by atoms with Crippen molar-refractivity contribution < 1.29 is 14.3 Å². The third kappa shape index (κ3) is 6.25. The number of hydrazine groups is 1. The van der Waals surface area contributed by atoms with Crippen molar-refractivity contribution >= 4 is 29.5 Å². The summed E-state index contributed by atoms with van der Waals surface area (Å²) < 4.78 is 5.12. The molecule has 2 aromatic heterocycles. The van der Waals surface area contributed by atoms with Crippen LogP contribution in [0.25, 0.3) is 6.08 Å². The van der Waals surface area contributed by atoms with Gasteiger partial charge >= 0.3 is 6.09 Å². The molecule has 0 aliphatic heterocycles. The van der Waals surface area contributed by atoms with Crippen LogP contribution in [0.5, 0.6) is 0 Å². The summed E-state index contributed by atoms with van der Waals surface area (Å²) >= 11 is 0. The molecule has 30 heavy (non-hydrogen) atoms. The first-order valence-corrected chi connectivity index (χ1v) is 9.22. The van der Waals surface area contributed by atoms with Gasteiger partial charge in [0.15, 0.2) is 5.78 Å². The maximum Gasteiger partial charge on any atom is 0.411 e. The number of amides is 1. The number of nitrogens with zero attached hydrogens (tertiary/aromatic N) is 3. The quantitative estimate of drug-likeness (QED) is 0.257. The molecule has 2 heterocycles. The molecule has 8 heteroatoms. The molecule has 0 unspecified atom stereocenters. The molecule has 1 amide bonds. The van der Waals surface area contributed by atoms with Gasteiger partial charge in [0.1, 0.15) is 12.4 Å². The molecule has 0 saturated carbocycles. The lowest BCUT2D eigenvalue weighted by Crippen LogP contribution is -2.35. The number of hydrogen-bond acceptors (Lipinski definition) is 7. The highest BCUT2D eigenvalue weighted by molar-refractivity contribution is 6.07. The molecule has 3 rings (SSSR count). The predicted octanol–water partition coefficient (Wildman–Crippen LogP) is 3.30. The topological polar surface area (TPSA) is 110 Å². The van der Waals surface area contributed by atoms with Crippen LogP contribution >= 0.6 is 0 Å². The second-order valence-corrected chi connectivity index (χ2v) is 6.17. The largest absolute Gasteiger partial charge is 0.447 e. The van der Waals surface area contributed by atoms with E-state index in [2.05, 4.69) is 15.3 Å². The molecular formula is C22H21N5O3. The van der Waals surface area contributed by atoms with Gasteiger partial charge in [0.05, 0.1) is 12.2 Å². The van der Waals surface area contributed by atoms with Crippen LogP contribution in [0.1, 0.15) is 16.1 Å². The van der Waals surface area contributed by atoms with E-state index in [1.807, 2.05) is 24.3 Å². The van der Waals surface area contributed by atoms with Gasteiger partial charge in [-0.15, -0.1) is 0 Å². The Hall–Kier alpha value is -4.04. The number of nitrogens with two attached hydrogens (primary N) is 1. The van der Waals surface area contributed by atoms with Crippen LogP contribution in [0.3, 0.4) is 0 Å². The van der Waals surface area contributed by atoms with Gasteiger partial charge in [-0.1, -0.05) is 12.1 Å². The van der Waals surface area contributed by atoms with Crippen molar-refractivity contribution in [3.8, 4) is 0 Å². The zero-order valence-electron chi connectivity index (χ0n) is 16.1. The minimum absolute atomic E-state index is 0.0911. The maximum atomic E-state index is 12.2. The van der Waals surface area contributed by atoms with E-state index in [0.717, 1.165) is 0 Å². The van der Waals surface area contributed by atoms with Gasteiger partial charge < -0.3 is 4.74 Å². The second kappa shape index (κ2) is 10.5. The van der Waals surface area contributed by atoms with Gasteiger partial charge in [0.25, 0.3) is 0 Å². The number of benzene rings is 1. The Kier molecular flexibility index (Phi) is 7.23. The molecule has 3 N–H and O–H groups in total. The monoisotopic (exact) mass is 403 g/mol. The summed E-state index contributed by atoms with van der Waals surface area (Å²) in [7, 11) is 0. The Morgan fingerprint density at radius 2 is 1.73 bits per heavy atom. The van der Waals surface area contributed by atoms with Gasteiger partial charge in [0, 0.05) is 23.6 Å². The summed E-state index contributed by atoms with van der Waals surface area (Å²) in [6, 6.07) is 17.3. The molecule has 0 saturated heterocycles. The Morgan fingerprint density at radius 3 is 2.40 bits per heavy atom. The van der Waals surface area contributed by atoms with Crippen LogP contribution in [-0.2, 0) is 4.74 Å². The molecule has 1 aromatic carbocycles. The predicted molar refractivity (Wildman–Crippen MR) is 115 cm³/mol. The summed E-state index contributed by atoms with van der Waals surface area (Å²) in [6.07, 6.45) is 5.79. The van der Waals surface area contributed by atoms with Crippen LogP contribution in [0.2, 0.25) is 0 Å². The van der Waals surface area contributed by atoms with Crippen molar-refractivity contribution in [3.05, 3.63) is 90.4 Å². The van der Waals surface area contributed by atoms with Crippen molar-refractivity contribution in [2.24, 2.45) is 5.84 Å². The van der Waals surface area contributed by atoms with Crippen LogP contribution in [-0.4, -0.2) is 35.0 Å². The number of carbonyl (C=O) groups excluding carboxylic acids is 2. The summed E-state index contributed by atoms with van der Waals surface area (Å²) in [4.78, 5) is 32.4. The lowest BCUT2D eigenvalue weighted by Gasteiger charge is -2.17. The average molecular weight is 403 g/mol. The van der Waals surface area contributed by atoms with Crippen LogP contribution in [0, 0.1) is 0 Å². The Balaban J connectivity index is 1.45. The van der Waals surface area contributed by atoms with Gasteiger partial charge in [-0.25, -0.2) is 15.6 Å². The van der Waals surface area contributed by atoms with Crippen LogP contribution in [0.4, 0.5) is 16.3 Å². The molecule has 0 aliphatic carbocycles. The Morgan fingerprint density at radius 1 is 1.00 bits per heavy atom. The van der Waals surface area contributed by atoms with E-state index >= 15 is 0 Å². The number of carbonyl (C=O) groups is 2. The number of ether oxygens (including phenoxy) is 1. The number of anilines is 2. The first kappa shape index (κ1) is 20.7. The van der Waals surface area contributed by atoms with E-state index in [1.165, 1.54) is 11.1 Å². The number of ketones is 1. The van der Waals surface area contributed by atoms with E-state index in [0.29, 0.717) is 29.3 Å². The molecule has 152 valence electrons. The third-order valence-electron chi connectivity index (χ3n) is 4.02. The molecule has 0 radical (unpaired) electrons. The van der Waals surface area contributed by atoms with Gasteiger partial charge in [-0.3, -0.25) is 20.1 Å². The molecule has 0 spiro atoms. The fraction of sp³-hybridized carbons (Fsp3) is 0.0909. The number of pyridine rings is 2. The van der Waals surface area contributed by atoms with Crippen molar-refractivity contribution in [2.45, 2.75) is 0 Å². The first-order chi connectivity index (χ1) is 14.6. The Labute approximate surface area is 174 Å². The summed E-state index contributed by atoms with van der Waals surface area (Å²) in [5.41, 5.74) is 1.71. The minimum atomic E-state index is -0.612. The van der Waals surface area contributed by atoms with Crippen molar-refractivity contribution in [3.63, 3.8) is 0 Å². The SMILES string of the molecule is NN(CCOC(=O)Nc1ccc(C(=O)C=Cc2ccccn2)cc1)c1ccccn1. The molecule has 0 bridgehead atoms. The number of aromatic nitrogens is 2. The highest BCUT2D eigenvalue weighted by atomic mass is 16.5. The molecule has 3 aromatic rings. The summed E-state index contributed by atoms with van der Waals surface area (Å²) in [5.74, 6) is 6.28. The zero-order valence-corrected chi connectivity index (χ0v) is 16.1. The van der Waals surface area contributed by atoms with E-state index in [-0.39, 0.29) is 12.4 Å². The molecule has 0 fully saturated rings. The van der Waals surface area contributed by atoms with Crippen molar-refractivity contribution in [1.29, 1.82) is 0 Å². The number of nitrogens with one attached hydrogen (secondary N) is 1. The maximum absolute atomic E-state index is 12.2. The van der Waals surface area contributed by atoms with Crippen LogP contribution < -0.4 is 16.2 Å². The van der Waals surface area contributed by atoms with Gasteiger partial charge in [-0.2, -0.15) is 0 Å². The Bertz CT molecular complexity index is 992. The lowest BCUT2D eigenvalue weighted by atomic mass is 10.1. The minimum Gasteiger partial charge on any atom is -0.447 e. The highest BCUT2D eigenvalue weighted by Gasteiger charge is 2.07. The van der Waals surface area contributed by atoms with E-state index < -0.39 is 6.09 Å². The third-order valence-corrected chi connectivity index (χ3v) is 4.02. The normalized spacial score (nSPS) is 10.6. The lowest BCUT2D eigenvalue weighted by molar-refractivity contribution is 0.104. The standard InChI is InChI=1S/C22H21N5O3/c23-27(21-6-2-4-14-25-21)15-16-30-22(29)26-19-9-7-17(8-10-19)20(28)12-11-18-5-1-3-13-24-18/h1-14H,15-16,23H2,(H,26,29). The molecule has 8 nitrogen and oxygen atoms in total. The summed E-state index contributed by atoms with van der Waals surface area (Å²) in [6.45, 7) is 0.383. The molecular weight excluding hydrogens is 382 g/mol. The van der Waals surface area contributed by atoms with Crippen molar-refractivity contribution in [2.75, 3.05) is 23.5 Å². The van der Waals surface area contributed by atoms with Crippen molar-refractivity contribution in [1.82, 2.24) is 9.97 Å². The highest BCUT2D eigenvalue weighted by Crippen LogP contribution is 2.12. The van der Waals surface area contributed by atoms with Crippen LogP contribution in [0.15, 0.2) is 79.1 Å². The first-order valence-electron chi connectivity index (χ1n) is 9.22. The van der Waals surface area contributed by atoms with E-state index in [9.17, 15) is 9.59 Å². The fourth-order valence-electron chi connectivity index (χ4n) is 2.48. The number of rotatable bonds is 8. The van der Waals surface area contributed by atoms with E-state index in [1.54, 1.807) is 54.9 Å². The number of allylic oxidation sites excluding steroid dienone is 1. The zero-order chi connectivity index (χ0) is 21.2. The van der Waals surface area contributed by atoms with Gasteiger partial charge in [0.2, 0.25) is 0 Å². The van der Waals surface area contributed by atoms with E-state index in [4.69, 9.17) is 10.6 Å². The molecule has 0 atom stereocenters. The smallest absolute Gasteiger partial charge is 0.411 e.